The number of aliphatic carboxylic acids is 1. The molecule has 0 atom stereocenters. The number of nitrogens with zero attached hydrogens (tertiary/aromatic N) is 3. The minimum atomic E-state index is -0.777. The van der Waals surface area contributed by atoms with E-state index in [9.17, 15) is 14.9 Å². The van der Waals surface area contributed by atoms with Crippen LogP contribution in [0.5, 0.6) is 5.75 Å². The molecular formula is C17H26ClN3O5. The van der Waals surface area contributed by atoms with Crippen LogP contribution in [0.15, 0.2) is 24.3 Å². The van der Waals surface area contributed by atoms with Gasteiger partial charge in [-0.05, 0) is 44.6 Å². The third-order valence-corrected chi connectivity index (χ3v) is 4.54. The Labute approximate surface area is 159 Å². The number of halogens is 1. The number of nitro benzene ring substituents is 1. The van der Waals surface area contributed by atoms with Gasteiger partial charge in [0.1, 0.15) is 12.4 Å². The molecule has 0 saturated carbocycles. The van der Waals surface area contributed by atoms with Crippen molar-refractivity contribution in [2.24, 2.45) is 0 Å². The monoisotopic (exact) mass is 387 g/mol. The summed E-state index contributed by atoms with van der Waals surface area (Å²) in [6, 6.07) is 6.41. The predicted molar refractivity (Wildman–Crippen MR) is 100 cm³/mol. The van der Waals surface area contributed by atoms with E-state index >= 15 is 0 Å². The van der Waals surface area contributed by atoms with Crippen LogP contribution in [0.4, 0.5) is 5.69 Å². The number of ether oxygens (including phenoxy) is 1. The summed E-state index contributed by atoms with van der Waals surface area (Å²) in [5, 5.41) is 19.6. The molecule has 1 aliphatic heterocycles. The number of carboxylic acid groups (broad SMARTS) is 1. The van der Waals surface area contributed by atoms with Crippen LogP contribution in [-0.2, 0) is 4.79 Å². The maximum atomic E-state index is 10.9. The van der Waals surface area contributed by atoms with Crippen molar-refractivity contribution in [2.75, 3.05) is 39.3 Å². The summed E-state index contributed by atoms with van der Waals surface area (Å²) < 4.78 is 5.64. The van der Waals surface area contributed by atoms with Crippen molar-refractivity contribution in [1.29, 1.82) is 0 Å². The van der Waals surface area contributed by atoms with Crippen LogP contribution < -0.4 is 4.74 Å². The number of likely N-dealkylation sites (tertiary alicyclic amines) is 1. The summed E-state index contributed by atoms with van der Waals surface area (Å²) in [5.41, 5.74) is 0.0521. The Morgan fingerprint density at radius 1 is 1.35 bits per heavy atom. The SMILES string of the molecule is CCN(CC(=O)O)C1CCN(CCOc2ccc([N+](=O)[O-])cc2)CC1.Cl. The number of nitro groups is 1. The van der Waals surface area contributed by atoms with Gasteiger partial charge in [0.2, 0.25) is 0 Å². The van der Waals surface area contributed by atoms with Gasteiger partial charge in [0.25, 0.3) is 5.69 Å². The molecule has 1 aromatic carbocycles. The zero-order valence-electron chi connectivity index (χ0n) is 14.9. The van der Waals surface area contributed by atoms with Crippen molar-refractivity contribution in [2.45, 2.75) is 25.8 Å². The zero-order valence-corrected chi connectivity index (χ0v) is 15.7. The third-order valence-electron chi connectivity index (χ3n) is 4.54. The molecule has 0 aromatic heterocycles. The molecule has 0 bridgehead atoms. The highest BCUT2D eigenvalue weighted by Crippen LogP contribution is 2.18. The van der Waals surface area contributed by atoms with Gasteiger partial charge < -0.3 is 9.84 Å². The van der Waals surface area contributed by atoms with E-state index in [1.807, 2.05) is 11.8 Å². The Balaban J connectivity index is 0.00000338. The van der Waals surface area contributed by atoms with Gasteiger partial charge in [-0.3, -0.25) is 24.7 Å². The second-order valence-corrected chi connectivity index (χ2v) is 6.13. The second kappa shape index (κ2) is 10.9. The lowest BCUT2D eigenvalue weighted by molar-refractivity contribution is -0.384. The van der Waals surface area contributed by atoms with Crippen LogP contribution in [0, 0.1) is 10.1 Å². The van der Waals surface area contributed by atoms with Crippen molar-refractivity contribution in [3.05, 3.63) is 34.4 Å². The van der Waals surface area contributed by atoms with E-state index in [0.717, 1.165) is 39.0 Å². The number of rotatable bonds is 9. The van der Waals surface area contributed by atoms with Crippen molar-refractivity contribution in [3.63, 3.8) is 0 Å². The Kier molecular flexibility index (Phi) is 9.32. The molecule has 1 fully saturated rings. The van der Waals surface area contributed by atoms with Gasteiger partial charge in [-0.25, -0.2) is 0 Å². The summed E-state index contributed by atoms with van der Waals surface area (Å²) >= 11 is 0. The number of piperidine rings is 1. The Hall–Kier alpha value is -1.90. The van der Waals surface area contributed by atoms with E-state index in [1.165, 1.54) is 12.1 Å². The number of hydrogen-bond acceptors (Lipinski definition) is 6. The number of likely N-dealkylation sites (N-methyl/N-ethyl adjacent to an activating group) is 1. The van der Waals surface area contributed by atoms with Crippen LogP contribution >= 0.6 is 12.4 Å². The van der Waals surface area contributed by atoms with E-state index in [0.29, 0.717) is 18.4 Å². The molecule has 26 heavy (non-hydrogen) atoms. The lowest BCUT2D eigenvalue weighted by atomic mass is 10.0. The Morgan fingerprint density at radius 3 is 2.46 bits per heavy atom. The highest BCUT2D eigenvalue weighted by atomic mass is 35.5. The topological polar surface area (TPSA) is 96.2 Å². The quantitative estimate of drug-likeness (QED) is 0.512. The Bertz CT molecular complexity index is 576. The predicted octanol–water partition coefficient (Wildman–Crippen LogP) is 2.27. The first-order valence-electron chi connectivity index (χ1n) is 8.55. The van der Waals surface area contributed by atoms with Crippen LogP contribution in [0.2, 0.25) is 0 Å². The standard InChI is InChI=1S/C17H25N3O5.ClH/c1-2-19(13-17(21)22)14-7-9-18(10-8-14)11-12-25-16-5-3-15(4-6-16)20(23)24;/h3-6,14H,2,7-13H2,1H3,(H,21,22);1H. The molecule has 0 radical (unpaired) electrons. The lowest BCUT2D eigenvalue weighted by Crippen LogP contribution is -2.47. The summed E-state index contributed by atoms with van der Waals surface area (Å²) in [5.74, 6) is -0.153. The molecule has 1 heterocycles. The number of hydrogen-bond donors (Lipinski definition) is 1. The van der Waals surface area contributed by atoms with E-state index in [1.54, 1.807) is 12.1 Å². The van der Waals surface area contributed by atoms with Gasteiger partial charge in [-0.15, -0.1) is 12.4 Å². The van der Waals surface area contributed by atoms with Gasteiger partial charge >= 0.3 is 5.97 Å². The maximum absolute atomic E-state index is 10.9. The van der Waals surface area contributed by atoms with E-state index in [-0.39, 0.29) is 24.6 Å². The first-order valence-corrected chi connectivity index (χ1v) is 8.55. The number of carbonyl (C=O) groups is 1. The van der Waals surface area contributed by atoms with Gasteiger partial charge in [0.05, 0.1) is 11.5 Å². The largest absolute Gasteiger partial charge is 0.492 e. The minimum absolute atomic E-state index is 0. The molecular weight excluding hydrogens is 362 g/mol. The van der Waals surface area contributed by atoms with Crippen molar-refractivity contribution >= 4 is 24.1 Å². The average Bonchev–Trinajstić information content (AvgIpc) is 2.60. The molecule has 0 unspecified atom stereocenters. The molecule has 9 heteroatoms. The van der Waals surface area contributed by atoms with Crippen LogP contribution in [0.25, 0.3) is 0 Å². The Morgan fingerprint density at radius 2 is 1.96 bits per heavy atom. The van der Waals surface area contributed by atoms with Crippen LogP contribution in [-0.4, -0.2) is 71.2 Å². The number of non-ortho nitro benzene ring substituents is 1. The van der Waals surface area contributed by atoms with Gasteiger partial charge in [0.15, 0.2) is 0 Å². The molecule has 146 valence electrons. The molecule has 1 aliphatic rings. The first-order chi connectivity index (χ1) is 12.0. The molecule has 0 spiro atoms. The fourth-order valence-electron chi connectivity index (χ4n) is 3.14. The number of benzene rings is 1. The summed E-state index contributed by atoms with van der Waals surface area (Å²) in [7, 11) is 0. The summed E-state index contributed by atoms with van der Waals surface area (Å²) in [6.07, 6.45) is 1.91. The minimum Gasteiger partial charge on any atom is -0.492 e. The van der Waals surface area contributed by atoms with Gasteiger partial charge in [-0.1, -0.05) is 6.92 Å². The molecule has 8 nitrogen and oxygen atoms in total. The van der Waals surface area contributed by atoms with Gasteiger partial charge in [-0.2, -0.15) is 0 Å². The number of carboxylic acids is 1. The highest BCUT2D eigenvalue weighted by Gasteiger charge is 2.24. The maximum Gasteiger partial charge on any atom is 0.317 e. The fourth-order valence-corrected chi connectivity index (χ4v) is 3.14. The molecule has 1 aromatic rings. The van der Waals surface area contributed by atoms with Crippen LogP contribution in [0.1, 0.15) is 19.8 Å². The zero-order chi connectivity index (χ0) is 18.2. The smallest absolute Gasteiger partial charge is 0.317 e. The van der Waals surface area contributed by atoms with E-state index in [4.69, 9.17) is 9.84 Å². The molecule has 0 amide bonds. The fraction of sp³-hybridized carbons (Fsp3) is 0.588. The molecule has 1 N–H and O–H groups in total. The normalized spacial score (nSPS) is 15.5. The van der Waals surface area contributed by atoms with E-state index < -0.39 is 10.9 Å². The van der Waals surface area contributed by atoms with Crippen molar-refractivity contribution in [3.8, 4) is 5.75 Å². The van der Waals surface area contributed by atoms with Crippen molar-refractivity contribution < 1.29 is 19.6 Å². The molecule has 0 aliphatic carbocycles. The molecule has 2 rings (SSSR count). The molecule has 1 saturated heterocycles. The first kappa shape index (κ1) is 22.1. The van der Waals surface area contributed by atoms with Crippen molar-refractivity contribution in [1.82, 2.24) is 9.80 Å². The van der Waals surface area contributed by atoms with Crippen LogP contribution in [0.3, 0.4) is 0 Å². The summed E-state index contributed by atoms with van der Waals surface area (Å²) in [4.78, 5) is 25.4. The lowest BCUT2D eigenvalue weighted by Gasteiger charge is -2.37. The average molecular weight is 388 g/mol. The summed E-state index contributed by atoms with van der Waals surface area (Å²) in [6.45, 7) is 6.00. The second-order valence-electron chi connectivity index (χ2n) is 6.13. The van der Waals surface area contributed by atoms with E-state index in [2.05, 4.69) is 4.90 Å². The highest BCUT2D eigenvalue weighted by molar-refractivity contribution is 5.85. The van der Waals surface area contributed by atoms with Gasteiger partial charge in [0, 0.05) is 24.7 Å². The third kappa shape index (κ3) is 6.78.